The predicted octanol–water partition coefficient (Wildman–Crippen LogP) is 6.45. The number of hydrogen-bond acceptors (Lipinski definition) is 8. The van der Waals surface area contributed by atoms with Gasteiger partial charge >= 0.3 is 18.1 Å². The summed E-state index contributed by atoms with van der Waals surface area (Å²) in [5, 5.41) is 1.45. The van der Waals surface area contributed by atoms with E-state index in [0.29, 0.717) is 11.3 Å². The first-order valence-electron chi connectivity index (χ1n) is 10.6. The van der Waals surface area contributed by atoms with E-state index in [4.69, 9.17) is 18.6 Å². The molecule has 0 spiro atoms. The van der Waals surface area contributed by atoms with E-state index in [-0.39, 0.29) is 29.1 Å². The monoisotopic (exact) mass is 518 g/mol. The van der Waals surface area contributed by atoms with Crippen LogP contribution in [0, 0.1) is 0 Å². The Balaban J connectivity index is 1.67. The molecule has 0 N–H and O–H groups in total. The van der Waals surface area contributed by atoms with Gasteiger partial charge in [-0.3, -0.25) is 4.79 Å². The van der Waals surface area contributed by atoms with E-state index in [1.807, 2.05) is 6.92 Å². The minimum absolute atomic E-state index is 0.101. The van der Waals surface area contributed by atoms with Crippen LogP contribution in [0.5, 0.6) is 17.2 Å². The lowest BCUT2D eigenvalue weighted by atomic mass is 10.2. The molecule has 36 heavy (non-hydrogen) atoms. The van der Waals surface area contributed by atoms with Crippen LogP contribution in [-0.4, -0.2) is 18.5 Å². The summed E-state index contributed by atoms with van der Waals surface area (Å²) < 4.78 is 61.8. The minimum atomic E-state index is -5.07. The molecule has 0 bridgehead atoms. The number of ether oxygens (including phenoxy) is 3. The minimum Gasteiger partial charge on any atom is -0.462 e. The summed E-state index contributed by atoms with van der Waals surface area (Å²) >= 11 is 1.13. The van der Waals surface area contributed by atoms with Gasteiger partial charge in [-0.1, -0.05) is 13.0 Å². The number of alkyl halides is 3. The number of carbonyl (C=O) groups excluding carboxylic acids is 2. The fraction of sp³-hybridized carbons (Fsp3) is 0.160. The van der Waals surface area contributed by atoms with Gasteiger partial charge in [0.15, 0.2) is 0 Å². The molecule has 0 fully saturated rings. The third-order valence-electron chi connectivity index (χ3n) is 4.76. The van der Waals surface area contributed by atoms with Crippen molar-refractivity contribution in [1.29, 1.82) is 0 Å². The third-order valence-corrected chi connectivity index (χ3v) is 5.61. The molecule has 0 unspecified atom stereocenters. The van der Waals surface area contributed by atoms with Gasteiger partial charge in [-0.05, 0) is 54.3 Å². The lowest BCUT2D eigenvalue weighted by Gasteiger charge is -2.14. The lowest BCUT2D eigenvalue weighted by molar-refractivity contribution is -0.154. The van der Waals surface area contributed by atoms with Crippen molar-refractivity contribution in [2.75, 3.05) is 6.61 Å². The fourth-order valence-corrected chi connectivity index (χ4v) is 3.71. The highest BCUT2D eigenvalue weighted by Crippen LogP contribution is 2.38. The third kappa shape index (κ3) is 5.41. The zero-order valence-electron chi connectivity index (χ0n) is 18.6. The topological polar surface area (TPSA) is 92.0 Å². The van der Waals surface area contributed by atoms with Crippen LogP contribution in [-0.2, 0) is 10.9 Å². The molecule has 0 saturated heterocycles. The quantitative estimate of drug-likeness (QED) is 0.205. The van der Waals surface area contributed by atoms with Crippen molar-refractivity contribution in [3.8, 4) is 17.2 Å². The second-order valence-electron chi connectivity index (χ2n) is 7.37. The Labute approximate surface area is 205 Å². The van der Waals surface area contributed by atoms with Crippen LogP contribution in [0.1, 0.15) is 39.1 Å². The van der Waals surface area contributed by atoms with Crippen LogP contribution >= 0.6 is 11.3 Å². The highest BCUT2D eigenvalue weighted by molar-refractivity contribution is 7.12. The van der Waals surface area contributed by atoms with Crippen molar-refractivity contribution in [1.82, 2.24) is 0 Å². The summed E-state index contributed by atoms with van der Waals surface area (Å²) in [5.41, 5.74) is -1.35. The number of fused-ring (bicyclic) bond motifs is 1. The van der Waals surface area contributed by atoms with E-state index in [1.165, 1.54) is 42.5 Å². The van der Waals surface area contributed by atoms with Crippen molar-refractivity contribution in [3.05, 3.63) is 86.4 Å². The molecule has 0 aliphatic carbocycles. The fourth-order valence-electron chi connectivity index (χ4n) is 3.11. The van der Waals surface area contributed by atoms with Crippen molar-refractivity contribution in [3.63, 3.8) is 0 Å². The molecule has 2 heterocycles. The Morgan fingerprint density at radius 1 is 1.00 bits per heavy atom. The molecule has 4 aromatic rings. The maximum atomic E-state index is 13.8. The van der Waals surface area contributed by atoms with Gasteiger partial charge in [-0.2, -0.15) is 13.2 Å². The molecular weight excluding hydrogens is 501 g/mol. The van der Waals surface area contributed by atoms with Gasteiger partial charge in [-0.15, -0.1) is 11.3 Å². The molecule has 186 valence electrons. The molecular formula is C25H17F3O7S. The second-order valence-corrected chi connectivity index (χ2v) is 8.32. The molecule has 4 rings (SSSR count). The van der Waals surface area contributed by atoms with Crippen LogP contribution in [0.25, 0.3) is 11.0 Å². The van der Waals surface area contributed by atoms with E-state index < -0.39 is 40.6 Å². The Hall–Kier alpha value is -4.12. The van der Waals surface area contributed by atoms with E-state index in [2.05, 4.69) is 0 Å². The van der Waals surface area contributed by atoms with Gasteiger partial charge in [0, 0.05) is 6.07 Å². The van der Waals surface area contributed by atoms with Crippen molar-refractivity contribution in [2.24, 2.45) is 0 Å². The van der Waals surface area contributed by atoms with E-state index in [0.717, 1.165) is 17.4 Å². The predicted molar refractivity (Wildman–Crippen MR) is 124 cm³/mol. The Kier molecular flexibility index (Phi) is 7.11. The summed E-state index contributed by atoms with van der Waals surface area (Å²) in [6, 6.07) is 11.7. The van der Waals surface area contributed by atoms with Gasteiger partial charge in [0.1, 0.15) is 22.0 Å². The van der Waals surface area contributed by atoms with Gasteiger partial charge in [0.05, 0.1) is 17.6 Å². The second kappa shape index (κ2) is 10.2. The molecule has 11 heteroatoms. The first-order chi connectivity index (χ1) is 17.2. The van der Waals surface area contributed by atoms with Crippen molar-refractivity contribution >= 4 is 34.2 Å². The van der Waals surface area contributed by atoms with Gasteiger partial charge in [0.25, 0.3) is 5.76 Å². The highest BCUT2D eigenvalue weighted by Gasteiger charge is 2.40. The molecule has 0 aliphatic rings. The summed E-state index contributed by atoms with van der Waals surface area (Å²) in [6.45, 7) is 2.05. The zero-order chi connectivity index (χ0) is 25.9. The number of thiophene rings is 1. The van der Waals surface area contributed by atoms with Crippen molar-refractivity contribution in [2.45, 2.75) is 19.5 Å². The lowest BCUT2D eigenvalue weighted by Crippen LogP contribution is -2.15. The van der Waals surface area contributed by atoms with E-state index in [1.54, 1.807) is 11.4 Å². The maximum Gasteiger partial charge on any atom is 0.453 e. The molecule has 7 nitrogen and oxygen atoms in total. The van der Waals surface area contributed by atoms with Crippen LogP contribution in [0.4, 0.5) is 13.2 Å². The average Bonchev–Trinajstić information content (AvgIpc) is 3.39. The van der Waals surface area contributed by atoms with Crippen LogP contribution < -0.4 is 14.9 Å². The maximum absolute atomic E-state index is 13.8. The molecule has 0 amide bonds. The van der Waals surface area contributed by atoms with Crippen LogP contribution in [0.2, 0.25) is 0 Å². The van der Waals surface area contributed by atoms with Crippen LogP contribution in [0.15, 0.2) is 69.2 Å². The first-order valence-corrected chi connectivity index (χ1v) is 11.4. The Morgan fingerprint density at radius 2 is 1.72 bits per heavy atom. The summed E-state index contributed by atoms with van der Waals surface area (Å²) in [6.07, 6.45) is -4.44. The van der Waals surface area contributed by atoms with Gasteiger partial charge in [-0.25, -0.2) is 9.59 Å². The average molecular weight is 518 g/mol. The van der Waals surface area contributed by atoms with Crippen LogP contribution in [0.3, 0.4) is 0 Å². The Bertz CT molecular complexity index is 1460. The first kappa shape index (κ1) is 25.0. The molecule has 2 aromatic carbocycles. The van der Waals surface area contributed by atoms with Gasteiger partial charge in [0.2, 0.25) is 11.2 Å². The number of halogens is 3. The Morgan fingerprint density at radius 3 is 2.36 bits per heavy atom. The standard InChI is InChI=1S/C25H17F3O7S/c1-2-11-32-23(30)14-5-7-15(8-6-14)33-21-20(29)17-10-9-16(34-24(31)19-4-3-12-36-19)13-18(17)35-22(21)25(26,27)28/h3-10,12-13H,2,11H2,1H3. The molecule has 0 aliphatic heterocycles. The summed E-state index contributed by atoms with van der Waals surface area (Å²) in [7, 11) is 0. The van der Waals surface area contributed by atoms with E-state index in [9.17, 15) is 27.6 Å². The molecule has 0 radical (unpaired) electrons. The zero-order valence-corrected chi connectivity index (χ0v) is 19.4. The number of carbonyl (C=O) groups is 2. The number of rotatable bonds is 7. The number of hydrogen-bond donors (Lipinski definition) is 0. The SMILES string of the molecule is CCCOC(=O)c1ccc(Oc2c(C(F)(F)F)oc3cc(OC(=O)c4cccs4)ccc3c2=O)cc1. The van der Waals surface area contributed by atoms with Crippen molar-refractivity contribution < 1.29 is 41.4 Å². The van der Waals surface area contributed by atoms with Gasteiger partial charge < -0.3 is 18.6 Å². The number of esters is 2. The smallest absolute Gasteiger partial charge is 0.453 e. The largest absolute Gasteiger partial charge is 0.462 e. The summed E-state index contributed by atoms with van der Waals surface area (Å²) in [5.74, 6) is -4.25. The highest BCUT2D eigenvalue weighted by atomic mass is 32.1. The van der Waals surface area contributed by atoms with E-state index >= 15 is 0 Å². The normalized spacial score (nSPS) is 11.3. The molecule has 0 saturated carbocycles. The number of benzene rings is 2. The summed E-state index contributed by atoms with van der Waals surface area (Å²) in [4.78, 5) is 37.3. The molecule has 0 atom stereocenters. The molecule has 2 aromatic heterocycles.